The number of nitrogens with zero attached hydrogens (tertiary/aromatic N) is 2. The van der Waals surface area contributed by atoms with Crippen molar-refractivity contribution < 1.29 is 4.39 Å². The molecule has 1 aromatic heterocycles. The van der Waals surface area contributed by atoms with Crippen LogP contribution in [-0.4, -0.2) is 14.9 Å². The average Bonchev–Trinajstić information content (AvgIpc) is 2.97. The van der Waals surface area contributed by atoms with Crippen molar-refractivity contribution in [3.8, 4) is 0 Å². The van der Waals surface area contributed by atoms with E-state index in [9.17, 15) is 4.39 Å². The Bertz CT molecular complexity index is 1180. The smallest absolute Gasteiger partial charge is 0.175 e. The molecule has 4 nitrogen and oxygen atoms in total. The van der Waals surface area contributed by atoms with Crippen LogP contribution in [0.2, 0.25) is 0 Å². The quantitative estimate of drug-likeness (QED) is 0.431. The fraction of sp³-hybridized carbons (Fsp3) is 0.130. The van der Waals surface area contributed by atoms with Gasteiger partial charge in [-0.2, -0.15) is 5.10 Å². The Kier molecular flexibility index (Phi) is 5.27. The number of benzene rings is 3. The van der Waals surface area contributed by atoms with E-state index in [0.717, 1.165) is 22.8 Å². The number of fused-ring (bicyclic) bond motifs is 1. The van der Waals surface area contributed by atoms with Gasteiger partial charge in [-0.05, 0) is 66.7 Å². The topological polar surface area (TPSA) is 41.9 Å². The molecule has 29 heavy (non-hydrogen) atoms. The summed E-state index contributed by atoms with van der Waals surface area (Å²) in [5.74, 6) is -0.282. The lowest BCUT2D eigenvalue weighted by Gasteiger charge is -2.12. The number of hydrogen-bond acceptors (Lipinski definition) is 2. The molecular weight excluding hydrogens is 383 g/mol. The molecule has 0 atom stereocenters. The van der Waals surface area contributed by atoms with Crippen LogP contribution in [0.15, 0.2) is 66.7 Å². The van der Waals surface area contributed by atoms with Crippen molar-refractivity contribution >= 4 is 39.5 Å². The number of hydrogen-bond donors (Lipinski definition) is 2. The third-order valence-corrected chi connectivity index (χ3v) is 5.13. The second-order valence-electron chi connectivity index (χ2n) is 6.93. The first-order valence-electron chi connectivity index (χ1n) is 9.35. The molecular formula is C23H21FN4S. The van der Waals surface area contributed by atoms with Crippen LogP contribution in [0.3, 0.4) is 0 Å². The summed E-state index contributed by atoms with van der Waals surface area (Å²) in [6.45, 7) is 4.65. The van der Waals surface area contributed by atoms with Gasteiger partial charge in [0.1, 0.15) is 5.82 Å². The van der Waals surface area contributed by atoms with Gasteiger partial charge in [0.05, 0.1) is 23.6 Å². The van der Waals surface area contributed by atoms with Gasteiger partial charge in [-0.25, -0.2) is 4.39 Å². The zero-order valence-corrected chi connectivity index (χ0v) is 17.1. The molecule has 0 aliphatic heterocycles. The molecule has 0 aliphatic carbocycles. The zero-order valence-electron chi connectivity index (χ0n) is 16.2. The van der Waals surface area contributed by atoms with E-state index in [1.54, 1.807) is 12.1 Å². The maximum Gasteiger partial charge on any atom is 0.175 e. The van der Waals surface area contributed by atoms with E-state index in [1.165, 1.54) is 28.5 Å². The minimum atomic E-state index is -0.282. The normalized spacial score (nSPS) is 10.9. The highest BCUT2D eigenvalue weighted by atomic mass is 32.1. The Morgan fingerprint density at radius 2 is 1.69 bits per heavy atom. The minimum absolute atomic E-state index is 0.282. The van der Waals surface area contributed by atoms with Crippen molar-refractivity contribution in [2.45, 2.75) is 20.4 Å². The van der Waals surface area contributed by atoms with Crippen molar-refractivity contribution in [1.82, 2.24) is 9.78 Å². The summed E-state index contributed by atoms with van der Waals surface area (Å²) in [5.41, 5.74) is 4.68. The summed E-state index contributed by atoms with van der Waals surface area (Å²) in [4.78, 5) is 0. The molecule has 0 unspecified atom stereocenters. The van der Waals surface area contributed by atoms with Gasteiger partial charge in [-0.3, -0.25) is 4.68 Å². The molecule has 1 heterocycles. The van der Waals surface area contributed by atoms with Crippen LogP contribution < -0.4 is 10.6 Å². The Labute approximate surface area is 174 Å². The fourth-order valence-corrected chi connectivity index (χ4v) is 3.65. The molecule has 3 aromatic carbocycles. The highest BCUT2D eigenvalue weighted by Crippen LogP contribution is 2.24. The van der Waals surface area contributed by atoms with Crippen LogP contribution in [0.25, 0.3) is 10.8 Å². The molecule has 0 saturated heterocycles. The summed E-state index contributed by atoms with van der Waals surface area (Å²) < 4.78 is 15.1. The summed E-state index contributed by atoms with van der Waals surface area (Å²) in [5, 5.41) is 13.9. The SMILES string of the molecule is Cc1nn(Cc2cccc3ccccc23)c(C)c1NC(=S)Nc1ccc(F)cc1. The van der Waals surface area contributed by atoms with Gasteiger partial charge in [0.25, 0.3) is 0 Å². The molecule has 0 aliphatic rings. The van der Waals surface area contributed by atoms with E-state index in [4.69, 9.17) is 17.3 Å². The van der Waals surface area contributed by atoms with E-state index >= 15 is 0 Å². The first-order chi connectivity index (χ1) is 14.0. The van der Waals surface area contributed by atoms with Gasteiger partial charge in [-0.15, -0.1) is 0 Å². The molecule has 146 valence electrons. The molecule has 0 bridgehead atoms. The van der Waals surface area contributed by atoms with Crippen LogP contribution in [0, 0.1) is 19.7 Å². The standard InChI is InChI=1S/C23H21FN4S/c1-15-22(26-23(29)25-20-12-10-19(24)11-13-20)16(2)28(27-15)14-18-8-5-7-17-6-3-4-9-21(17)18/h3-13H,14H2,1-2H3,(H2,25,26,29). The van der Waals surface area contributed by atoms with E-state index in [2.05, 4.69) is 47.0 Å². The summed E-state index contributed by atoms with van der Waals surface area (Å²) in [7, 11) is 0. The molecule has 0 spiro atoms. The predicted octanol–water partition coefficient (Wildman–Crippen LogP) is 5.65. The van der Waals surface area contributed by atoms with Crippen LogP contribution in [-0.2, 0) is 6.54 Å². The molecule has 0 saturated carbocycles. The lowest BCUT2D eigenvalue weighted by molar-refractivity contribution is 0.628. The van der Waals surface area contributed by atoms with Crippen molar-refractivity contribution in [2.75, 3.05) is 10.6 Å². The molecule has 4 aromatic rings. The maximum absolute atomic E-state index is 13.1. The summed E-state index contributed by atoms with van der Waals surface area (Å²) in [6.07, 6.45) is 0. The van der Waals surface area contributed by atoms with Crippen molar-refractivity contribution in [3.63, 3.8) is 0 Å². The number of rotatable bonds is 4. The number of nitrogens with one attached hydrogen (secondary N) is 2. The largest absolute Gasteiger partial charge is 0.332 e. The van der Waals surface area contributed by atoms with Crippen molar-refractivity contribution in [1.29, 1.82) is 0 Å². The highest BCUT2D eigenvalue weighted by molar-refractivity contribution is 7.80. The number of thiocarbonyl (C=S) groups is 1. The summed E-state index contributed by atoms with van der Waals surface area (Å²) in [6, 6.07) is 20.8. The van der Waals surface area contributed by atoms with E-state index in [1.807, 2.05) is 24.6 Å². The van der Waals surface area contributed by atoms with E-state index in [0.29, 0.717) is 11.7 Å². The molecule has 0 fully saturated rings. The van der Waals surface area contributed by atoms with Crippen LogP contribution >= 0.6 is 12.2 Å². The number of aryl methyl sites for hydroxylation is 1. The van der Waals surface area contributed by atoms with Gasteiger partial charge in [-0.1, -0.05) is 42.5 Å². The number of halogens is 1. The van der Waals surface area contributed by atoms with Crippen LogP contribution in [0.1, 0.15) is 17.0 Å². The number of aromatic nitrogens is 2. The Morgan fingerprint density at radius 3 is 2.48 bits per heavy atom. The Balaban J connectivity index is 1.54. The lowest BCUT2D eigenvalue weighted by Crippen LogP contribution is -2.20. The highest BCUT2D eigenvalue weighted by Gasteiger charge is 2.14. The second-order valence-corrected chi connectivity index (χ2v) is 7.34. The molecule has 4 rings (SSSR count). The van der Waals surface area contributed by atoms with Crippen molar-refractivity contribution in [3.05, 3.63) is 89.5 Å². The van der Waals surface area contributed by atoms with Crippen LogP contribution in [0.4, 0.5) is 15.8 Å². The first kappa shape index (κ1) is 19.1. The van der Waals surface area contributed by atoms with Gasteiger partial charge >= 0.3 is 0 Å². The number of anilines is 2. The van der Waals surface area contributed by atoms with Gasteiger partial charge in [0.15, 0.2) is 5.11 Å². The van der Waals surface area contributed by atoms with Crippen molar-refractivity contribution in [2.24, 2.45) is 0 Å². The van der Waals surface area contributed by atoms with Crippen LogP contribution in [0.5, 0.6) is 0 Å². The monoisotopic (exact) mass is 404 g/mol. The van der Waals surface area contributed by atoms with Gasteiger partial charge in [0, 0.05) is 5.69 Å². The van der Waals surface area contributed by atoms with E-state index < -0.39 is 0 Å². The lowest BCUT2D eigenvalue weighted by atomic mass is 10.0. The zero-order chi connectivity index (χ0) is 20.4. The Hall–Kier alpha value is -3.25. The minimum Gasteiger partial charge on any atom is -0.332 e. The Morgan fingerprint density at radius 1 is 0.966 bits per heavy atom. The third-order valence-electron chi connectivity index (χ3n) is 4.92. The predicted molar refractivity (Wildman–Crippen MR) is 121 cm³/mol. The van der Waals surface area contributed by atoms with Gasteiger partial charge in [0.2, 0.25) is 0 Å². The fourth-order valence-electron chi connectivity index (χ4n) is 3.43. The molecule has 0 amide bonds. The molecule has 0 radical (unpaired) electrons. The first-order valence-corrected chi connectivity index (χ1v) is 9.76. The van der Waals surface area contributed by atoms with Gasteiger partial charge < -0.3 is 10.6 Å². The molecule has 2 N–H and O–H groups in total. The summed E-state index contributed by atoms with van der Waals surface area (Å²) >= 11 is 5.42. The average molecular weight is 405 g/mol. The maximum atomic E-state index is 13.1. The second kappa shape index (κ2) is 8.01. The van der Waals surface area contributed by atoms with E-state index in [-0.39, 0.29) is 5.82 Å². The molecule has 6 heteroatoms. The third kappa shape index (κ3) is 4.12.